The van der Waals surface area contributed by atoms with Gasteiger partial charge >= 0.3 is 0 Å². The van der Waals surface area contributed by atoms with E-state index in [-0.39, 0.29) is 0 Å². The van der Waals surface area contributed by atoms with Crippen LogP contribution >= 0.6 is 11.9 Å². The molecule has 4 aliphatic rings. The van der Waals surface area contributed by atoms with E-state index in [0.717, 1.165) is 19.3 Å². The zero-order valence-corrected chi connectivity index (χ0v) is 34.0. The van der Waals surface area contributed by atoms with Crippen molar-refractivity contribution >= 4 is 62.2 Å². The molecule has 0 aromatic heterocycles. The summed E-state index contributed by atoms with van der Waals surface area (Å²) >= 11 is 1.79. The lowest BCUT2D eigenvalue weighted by atomic mass is 9.61. The van der Waals surface area contributed by atoms with Crippen LogP contribution in [0.25, 0.3) is 38.6 Å². The molecule has 3 heteroatoms. The number of hydrogen-bond donors (Lipinski definition) is 1. The highest BCUT2D eigenvalue weighted by Gasteiger charge is 2.49. The molecular formula is C56H42N2S. The lowest BCUT2D eigenvalue weighted by Crippen LogP contribution is -2.38. The summed E-state index contributed by atoms with van der Waals surface area (Å²) in [5, 5.41) is 2.51. The van der Waals surface area contributed by atoms with Crippen LogP contribution in [0, 0.1) is 6.92 Å². The van der Waals surface area contributed by atoms with Crippen LogP contribution < -0.4 is 9.62 Å². The zero-order valence-electron chi connectivity index (χ0n) is 33.2. The second-order valence-corrected chi connectivity index (χ2v) is 17.1. The van der Waals surface area contributed by atoms with Gasteiger partial charge in [0.05, 0.1) is 33.1 Å². The third kappa shape index (κ3) is 4.83. The topological polar surface area (TPSA) is 15.3 Å². The number of fused-ring (bicyclic) bond motifs is 6. The van der Waals surface area contributed by atoms with Gasteiger partial charge in [-0.3, -0.25) is 0 Å². The highest BCUT2D eigenvalue weighted by atomic mass is 32.2. The third-order valence-electron chi connectivity index (χ3n) is 13.4. The molecule has 59 heavy (non-hydrogen) atoms. The first-order chi connectivity index (χ1) is 29.2. The largest absolute Gasteiger partial charge is 0.325 e. The predicted octanol–water partition coefficient (Wildman–Crippen LogP) is 15.1. The number of rotatable bonds is 4. The van der Waals surface area contributed by atoms with Crippen LogP contribution in [0.2, 0.25) is 0 Å². The molecule has 0 spiro atoms. The van der Waals surface area contributed by atoms with E-state index in [9.17, 15) is 0 Å². The van der Waals surface area contributed by atoms with Gasteiger partial charge in [0.2, 0.25) is 0 Å². The molecule has 8 aromatic rings. The standard InChI is InChI=1S/C56H42N2S/c1-3-40-45(41-25-13-10-18-35(41)2)34-51-55-53(40)43-27-16-26-42(46-32-36-19-11-12-20-37(36)33-49(46)57-59-55)52(43)44-28-17-30-48-54(44)58(51)50-31-15-14-29-47(50)56(48,38-21-6-4-7-22-38)39-23-8-5-9-24-39/h4-15,17-25,27-34,57H,3,16,26H2,1-2H3. The van der Waals surface area contributed by atoms with Crippen LogP contribution in [0.4, 0.5) is 22.7 Å². The van der Waals surface area contributed by atoms with Crippen LogP contribution in [0.15, 0.2) is 181 Å². The lowest BCUT2D eigenvalue weighted by Gasteiger charge is -2.48. The van der Waals surface area contributed by atoms with Crippen molar-refractivity contribution in [1.82, 2.24) is 0 Å². The number of hydrogen-bond acceptors (Lipinski definition) is 3. The molecule has 0 radical (unpaired) electrons. The van der Waals surface area contributed by atoms with Crippen molar-refractivity contribution in [2.45, 2.75) is 43.4 Å². The molecule has 3 aliphatic heterocycles. The molecule has 1 N–H and O–H groups in total. The van der Waals surface area contributed by atoms with Crippen molar-refractivity contribution in [2.75, 3.05) is 9.62 Å². The van der Waals surface area contributed by atoms with Gasteiger partial charge in [0.25, 0.3) is 0 Å². The Bertz CT molecular complexity index is 3060. The third-order valence-corrected chi connectivity index (χ3v) is 14.3. The molecule has 0 amide bonds. The summed E-state index contributed by atoms with van der Waals surface area (Å²) in [4.78, 5) is 3.92. The van der Waals surface area contributed by atoms with Crippen LogP contribution in [-0.4, -0.2) is 0 Å². The molecule has 0 unspecified atom stereocenters. The molecule has 0 saturated carbocycles. The minimum absolute atomic E-state index is 0.579. The summed E-state index contributed by atoms with van der Waals surface area (Å²) in [7, 11) is 0. The van der Waals surface area contributed by atoms with E-state index in [1.54, 1.807) is 11.9 Å². The van der Waals surface area contributed by atoms with Crippen LogP contribution in [0.1, 0.15) is 69.8 Å². The molecule has 282 valence electrons. The first-order valence-corrected chi connectivity index (χ1v) is 21.8. The molecule has 12 rings (SSSR count). The first-order valence-electron chi connectivity index (χ1n) is 21.0. The number of nitrogens with zero attached hydrogens (tertiary/aromatic N) is 1. The second kappa shape index (κ2) is 13.2. The van der Waals surface area contributed by atoms with Gasteiger partial charge in [0.15, 0.2) is 0 Å². The Morgan fingerprint density at radius 1 is 0.610 bits per heavy atom. The molecule has 8 aromatic carbocycles. The molecule has 3 heterocycles. The Morgan fingerprint density at radius 3 is 2.03 bits per heavy atom. The van der Waals surface area contributed by atoms with Gasteiger partial charge in [-0.2, -0.15) is 0 Å². The molecule has 0 saturated heterocycles. The van der Waals surface area contributed by atoms with Crippen LogP contribution in [0.3, 0.4) is 0 Å². The minimum atomic E-state index is -0.579. The maximum Gasteiger partial charge on any atom is 0.0742 e. The normalized spacial score (nSPS) is 15.4. The van der Waals surface area contributed by atoms with Gasteiger partial charge in [-0.1, -0.05) is 159 Å². The number of anilines is 4. The second-order valence-electron chi connectivity index (χ2n) is 16.3. The molecule has 6 bridgehead atoms. The van der Waals surface area contributed by atoms with Crippen molar-refractivity contribution < 1.29 is 0 Å². The molecule has 2 nitrogen and oxygen atoms in total. The Morgan fingerprint density at radius 2 is 1.27 bits per heavy atom. The zero-order chi connectivity index (χ0) is 39.2. The quantitative estimate of drug-likeness (QED) is 0.179. The Kier molecular flexibility index (Phi) is 7.74. The highest BCUT2D eigenvalue weighted by Crippen LogP contribution is 2.65. The average molecular weight is 775 g/mol. The SMILES string of the molecule is CCc1c(-c2ccccc2C)cc2c3c1C1=CCCC(=C1c1cccc4c1N2c1ccccc1C4(c1ccccc1)c1ccccc1)c1cc2ccccc2cc1NS3. The van der Waals surface area contributed by atoms with Gasteiger partial charge in [-0.25, -0.2) is 0 Å². The van der Waals surface area contributed by atoms with Crippen molar-refractivity contribution in [3.05, 3.63) is 226 Å². The Balaban J connectivity index is 1.32. The smallest absolute Gasteiger partial charge is 0.0742 e. The summed E-state index contributed by atoms with van der Waals surface area (Å²) in [6, 6.07) is 64.0. The van der Waals surface area contributed by atoms with Gasteiger partial charge in [-0.15, -0.1) is 0 Å². The Hall–Kier alpha value is -6.55. The summed E-state index contributed by atoms with van der Waals surface area (Å²) in [5.74, 6) is 0. The van der Waals surface area contributed by atoms with Crippen molar-refractivity contribution in [3.63, 3.8) is 0 Å². The summed E-state index contributed by atoms with van der Waals surface area (Å²) in [6.45, 7) is 4.61. The monoisotopic (exact) mass is 774 g/mol. The van der Waals surface area contributed by atoms with Crippen molar-refractivity contribution in [1.29, 1.82) is 0 Å². The van der Waals surface area contributed by atoms with Gasteiger partial charge in [0, 0.05) is 16.7 Å². The van der Waals surface area contributed by atoms with Gasteiger partial charge in [-0.05, 0) is 134 Å². The van der Waals surface area contributed by atoms with E-state index >= 15 is 0 Å². The fourth-order valence-corrected chi connectivity index (χ4v) is 11.9. The summed E-state index contributed by atoms with van der Waals surface area (Å²) < 4.78 is 4.04. The number of benzene rings is 8. The van der Waals surface area contributed by atoms with E-state index in [1.807, 2.05) is 0 Å². The molecule has 0 atom stereocenters. The van der Waals surface area contributed by atoms with E-state index in [1.165, 1.54) is 116 Å². The molecule has 0 fully saturated rings. The summed E-state index contributed by atoms with van der Waals surface area (Å²) in [5.41, 5.74) is 22.8. The maximum atomic E-state index is 4.04. The number of para-hydroxylation sites is 2. The van der Waals surface area contributed by atoms with E-state index < -0.39 is 5.41 Å². The van der Waals surface area contributed by atoms with Gasteiger partial charge < -0.3 is 9.62 Å². The van der Waals surface area contributed by atoms with Crippen LogP contribution in [0.5, 0.6) is 0 Å². The number of allylic oxidation sites excluding steroid dienone is 4. The minimum Gasteiger partial charge on any atom is -0.325 e. The average Bonchev–Trinajstić information content (AvgIpc) is 3.30. The van der Waals surface area contributed by atoms with E-state index in [0.29, 0.717) is 0 Å². The molecular weight excluding hydrogens is 733 g/mol. The number of aryl methyl sites for hydroxylation is 1. The summed E-state index contributed by atoms with van der Waals surface area (Å²) in [6.07, 6.45) is 5.43. The van der Waals surface area contributed by atoms with Crippen molar-refractivity contribution in [3.8, 4) is 11.1 Å². The van der Waals surface area contributed by atoms with Crippen molar-refractivity contribution in [2.24, 2.45) is 0 Å². The van der Waals surface area contributed by atoms with Crippen LogP contribution in [-0.2, 0) is 11.8 Å². The van der Waals surface area contributed by atoms with E-state index in [2.05, 4.69) is 199 Å². The maximum absolute atomic E-state index is 4.04. The first kappa shape index (κ1) is 34.5. The molecule has 1 aliphatic carbocycles. The fourth-order valence-electron chi connectivity index (χ4n) is 10.9. The van der Waals surface area contributed by atoms with E-state index in [4.69, 9.17) is 0 Å². The van der Waals surface area contributed by atoms with Gasteiger partial charge in [0.1, 0.15) is 0 Å². The Labute approximate surface area is 350 Å². The number of nitrogens with one attached hydrogen (secondary N) is 1. The fraction of sp³-hybridized carbons (Fsp3) is 0.107. The lowest BCUT2D eigenvalue weighted by molar-refractivity contribution is 0.730. The predicted molar refractivity (Wildman–Crippen MR) is 250 cm³/mol. The highest BCUT2D eigenvalue weighted by molar-refractivity contribution is 8.00.